The molecule has 13 heavy (non-hydrogen) atoms. The molecular formula is C8H4F5. The summed E-state index contributed by atoms with van der Waals surface area (Å²) in [5, 5.41) is 0. The number of halogens is 5. The second-order valence-corrected chi connectivity index (χ2v) is 2.34. The molecular weight excluding hydrogens is 191 g/mol. The first kappa shape index (κ1) is 9.95. The molecule has 0 N–H and O–H groups in total. The Kier molecular flexibility index (Phi) is 2.54. The Morgan fingerprint density at radius 2 is 1.69 bits per heavy atom. The van der Waals surface area contributed by atoms with Gasteiger partial charge >= 0.3 is 12.6 Å². The SMILES string of the molecule is F[C](F)c1cccc(C(F)(F)F)c1. The van der Waals surface area contributed by atoms with Gasteiger partial charge in [0.2, 0.25) is 0 Å². The fourth-order valence-electron chi connectivity index (χ4n) is 0.813. The van der Waals surface area contributed by atoms with Crippen molar-refractivity contribution in [3.8, 4) is 0 Å². The zero-order chi connectivity index (χ0) is 10.1. The van der Waals surface area contributed by atoms with Crippen molar-refractivity contribution in [1.82, 2.24) is 0 Å². The van der Waals surface area contributed by atoms with Gasteiger partial charge in [0.1, 0.15) is 0 Å². The topological polar surface area (TPSA) is 0 Å². The molecule has 1 rings (SSSR count). The van der Waals surface area contributed by atoms with Crippen LogP contribution in [0, 0.1) is 6.43 Å². The molecule has 0 atom stereocenters. The Balaban J connectivity index is 3.06. The first-order valence-electron chi connectivity index (χ1n) is 3.27. The number of benzene rings is 1. The average Bonchev–Trinajstić information content (AvgIpc) is 2.03. The molecule has 0 unspecified atom stereocenters. The smallest absolute Gasteiger partial charge is 0.194 e. The Morgan fingerprint density at radius 3 is 2.15 bits per heavy atom. The van der Waals surface area contributed by atoms with E-state index >= 15 is 0 Å². The number of rotatable bonds is 1. The van der Waals surface area contributed by atoms with Crippen molar-refractivity contribution in [2.45, 2.75) is 6.18 Å². The maximum atomic E-state index is 12.0. The highest BCUT2D eigenvalue weighted by atomic mass is 19.4. The van der Waals surface area contributed by atoms with E-state index in [1.54, 1.807) is 0 Å². The summed E-state index contributed by atoms with van der Waals surface area (Å²) < 4.78 is 59.7. The van der Waals surface area contributed by atoms with E-state index in [4.69, 9.17) is 0 Å². The molecule has 0 aliphatic rings. The van der Waals surface area contributed by atoms with Gasteiger partial charge in [0.25, 0.3) is 0 Å². The Morgan fingerprint density at radius 1 is 1.08 bits per heavy atom. The summed E-state index contributed by atoms with van der Waals surface area (Å²) in [6, 6.07) is 3.02. The highest BCUT2D eigenvalue weighted by Crippen LogP contribution is 2.31. The van der Waals surface area contributed by atoms with E-state index in [-0.39, 0.29) is 0 Å². The third-order valence-electron chi connectivity index (χ3n) is 1.41. The second-order valence-electron chi connectivity index (χ2n) is 2.34. The number of hydrogen-bond acceptors (Lipinski definition) is 0. The molecule has 0 aliphatic carbocycles. The van der Waals surface area contributed by atoms with E-state index in [1.165, 1.54) is 0 Å². The monoisotopic (exact) mass is 195 g/mol. The lowest BCUT2D eigenvalue weighted by atomic mass is 10.1. The molecule has 1 aromatic carbocycles. The van der Waals surface area contributed by atoms with Gasteiger partial charge in [0, 0.05) is 5.56 Å². The van der Waals surface area contributed by atoms with Gasteiger partial charge in [-0.15, -0.1) is 0 Å². The molecule has 71 valence electrons. The van der Waals surface area contributed by atoms with Gasteiger partial charge in [-0.05, 0) is 12.1 Å². The van der Waals surface area contributed by atoms with Crippen molar-refractivity contribution in [2.75, 3.05) is 0 Å². The highest BCUT2D eigenvalue weighted by Gasteiger charge is 2.31. The van der Waals surface area contributed by atoms with E-state index < -0.39 is 23.7 Å². The minimum atomic E-state index is -4.58. The first-order valence-corrected chi connectivity index (χ1v) is 3.27. The van der Waals surface area contributed by atoms with Crippen LogP contribution < -0.4 is 0 Å². The van der Waals surface area contributed by atoms with E-state index in [1.807, 2.05) is 0 Å². The van der Waals surface area contributed by atoms with Gasteiger partial charge in [0.05, 0.1) is 5.56 Å². The van der Waals surface area contributed by atoms with Gasteiger partial charge in [-0.1, -0.05) is 12.1 Å². The van der Waals surface area contributed by atoms with Crippen LogP contribution in [0.25, 0.3) is 0 Å². The van der Waals surface area contributed by atoms with Gasteiger partial charge in [-0.25, -0.2) is 0 Å². The molecule has 5 heteroatoms. The predicted molar refractivity (Wildman–Crippen MR) is 36.0 cm³/mol. The summed E-state index contributed by atoms with van der Waals surface area (Å²) in [5.41, 5.74) is -1.77. The van der Waals surface area contributed by atoms with Gasteiger partial charge < -0.3 is 0 Å². The molecule has 0 aromatic heterocycles. The summed E-state index contributed by atoms with van der Waals surface area (Å²) in [6.45, 7) is 0. The normalized spacial score (nSPS) is 12.2. The highest BCUT2D eigenvalue weighted by molar-refractivity contribution is 5.30. The van der Waals surface area contributed by atoms with Crippen LogP contribution in [0.5, 0.6) is 0 Å². The zero-order valence-corrected chi connectivity index (χ0v) is 6.20. The van der Waals surface area contributed by atoms with E-state index in [0.717, 1.165) is 18.2 Å². The lowest BCUT2D eigenvalue weighted by Gasteiger charge is -2.07. The molecule has 0 saturated carbocycles. The first-order chi connectivity index (χ1) is 5.91. The molecule has 0 bridgehead atoms. The van der Waals surface area contributed by atoms with Gasteiger partial charge in [0.15, 0.2) is 0 Å². The maximum Gasteiger partial charge on any atom is 0.416 e. The lowest BCUT2D eigenvalue weighted by molar-refractivity contribution is -0.137. The van der Waals surface area contributed by atoms with Gasteiger partial charge in [-0.2, -0.15) is 22.0 Å². The van der Waals surface area contributed by atoms with Gasteiger partial charge in [-0.3, -0.25) is 0 Å². The summed E-state index contributed by atoms with van der Waals surface area (Å²) in [6.07, 6.45) is -6.70. The predicted octanol–water partition coefficient (Wildman–Crippen LogP) is 3.48. The standard InChI is InChI=1S/C8H4F5/c9-7(10)5-2-1-3-6(4-5)8(11,12)13/h1-4H. The molecule has 0 heterocycles. The fraction of sp³-hybridized carbons (Fsp3) is 0.125. The summed E-state index contributed by atoms with van der Waals surface area (Å²) in [4.78, 5) is 0. The Labute approximate surface area is 71.0 Å². The molecule has 0 amide bonds. The van der Waals surface area contributed by atoms with Crippen molar-refractivity contribution >= 4 is 0 Å². The summed E-state index contributed by atoms with van der Waals surface area (Å²) in [7, 11) is 0. The van der Waals surface area contributed by atoms with Crippen molar-refractivity contribution in [2.24, 2.45) is 0 Å². The van der Waals surface area contributed by atoms with Crippen LogP contribution in [0.2, 0.25) is 0 Å². The largest absolute Gasteiger partial charge is 0.416 e. The van der Waals surface area contributed by atoms with Crippen LogP contribution in [0.15, 0.2) is 24.3 Å². The van der Waals surface area contributed by atoms with E-state index in [2.05, 4.69) is 0 Å². The molecule has 0 saturated heterocycles. The van der Waals surface area contributed by atoms with Crippen molar-refractivity contribution in [1.29, 1.82) is 0 Å². The molecule has 0 aliphatic heterocycles. The van der Waals surface area contributed by atoms with Crippen LogP contribution in [-0.4, -0.2) is 0 Å². The van der Waals surface area contributed by atoms with Crippen molar-refractivity contribution in [3.63, 3.8) is 0 Å². The minimum Gasteiger partial charge on any atom is -0.194 e. The van der Waals surface area contributed by atoms with Crippen LogP contribution in [0.1, 0.15) is 11.1 Å². The molecule has 0 spiro atoms. The van der Waals surface area contributed by atoms with Crippen molar-refractivity contribution < 1.29 is 22.0 Å². The average molecular weight is 195 g/mol. The molecule has 0 nitrogen and oxygen atoms in total. The van der Waals surface area contributed by atoms with Crippen molar-refractivity contribution in [3.05, 3.63) is 41.8 Å². The second kappa shape index (κ2) is 3.32. The zero-order valence-electron chi connectivity index (χ0n) is 6.20. The fourth-order valence-corrected chi connectivity index (χ4v) is 0.813. The Bertz CT molecular complexity index is 289. The molecule has 1 radical (unpaired) electrons. The van der Waals surface area contributed by atoms with Crippen LogP contribution in [-0.2, 0) is 6.18 Å². The minimum absolute atomic E-state index is 0.412. The quantitative estimate of drug-likeness (QED) is 0.601. The summed E-state index contributed by atoms with van der Waals surface area (Å²) in [5.74, 6) is 0. The van der Waals surface area contributed by atoms with E-state index in [9.17, 15) is 22.0 Å². The van der Waals surface area contributed by atoms with E-state index in [0.29, 0.717) is 6.07 Å². The summed E-state index contributed by atoms with van der Waals surface area (Å²) >= 11 is 0. The Hall–Kier alpha value is -1.13. The molecule has 0 fully saturated rings. The van der Waals surface area contributed by atoms with Crippen LogP contribution in [0.3, 0.4) is 0 Å². The third-order valence-corrected chi connectivity index (χ3v) is 1.41. The number of hydrogen-bond donors (Lipinski definition) is 0. The van der Waals surface area contributed by atoms with Crippen LogP contribution >= 0.6 is 0 Å². The lowest BCUT2D eigenvalue weighted by Crippen LogP contribution is -2.05. The van der Waals surface area contributed by atoms with Crippen LogP contribution in [0.4, 0.5) is 22.0 Å². The number of alkyl halides is 3. The third kappa shape index (κ3) is 2.40. The maximum absolute atomic E-state index is 12.0. The molecule has 1 aromatic rings.